The molecule has 2 N–H and O–H groups in total. The highest BCUT2D eigenvalue weighted by Gasteiger charge is 2.23. The molecule has 14 heteroatoms. The van der Waals surface area contributed by atoms with Crippen molar-refractivity contribution >= 4 is 57.2 Å². The second-order valence-corrected chi connectivity index (χ2v) is 11.2. The summed E-state index contributed by atoms with van der Waals surface area (Å²) in [6.07, 6.45) is 1.86. The third-order valence-corrected chi connectivity index (χ3v) is 7.84. The maximum Gasteiger partial charge on any atom is 0.267 e. The van der Waals surface area contributed by atoms with E-state index in [9.17, 15) is 9.59 Å². The van der Waals surface area contributed by atoms with Crippen molar-refractivity contribution in [2.75, 3.05) is 81.4 Å². The van der Waals surface area contributed by atoms with Crippen molar-refractivity contribution in [3.8, 4) is 0 Å². The largest absolute Gasteiger partial charge is 0.379 e. The van der Waals surface area contributed by atoms with Crippen molar-refractivity contribution in [1.29, 1.82) is 0 Å². The van der Waals surface area contributed by atoms with Crippen molar-refractivity contribution < 1.29 is 23.8 Å². The third-order valence-electron chi connectivity index (χ3n) is 6.61. The second-order valence-electron chi connectivity index (χ2n) is 9.74. The van der Waals surface area contributed by atoms with Crippen LogP contribution in [0.5, 0.6) is 0 Å². The molecule has 3 heterocycles. The van der Waals surface area contributed by atoms with Crippen LogP contribution in [-0.2, 0) is 19.0 Å². The van der Waals surface area contributed by atoms with Crippen LogP contribution in [0.3, 0.4) is 0 Å². The number of aryl methyl sites for hydroxylation is 2. The van der Waals surface area contributed by atoms with Gasteiger partial charge in [-0.3, -0.25) is 9.59 Å². The number of aromatic nitrogens is 3. The van der Waals surface area contributed by atoms with Crippen LogP contribution < -0.4 is 15.5 Å². The summed E-state index contributed by atoms with van der Waals surface area (Å²) in [6.45, 7) is 11.3. The number of para-hydroxylation sites is 1. The van der Waals surface area contributed by atoms with E-state index in [0.29, 0.717) is 105 Å². The number of hydrogen-bond donors (Lipinski definition) is 2. The van der Waals surface area contributed by atoms with E-state index in [2.05, 4.69) is 30.5 Å². The molecule has 0 unspecified atom stereocenters. The molecule has 0 bridgehead atoms. The molecule has 0 saturated carbocycles. The van der Waals surface area contributed by atoms with Gasteiger partial charge in [0.25, 0.3) is 5.91 Å². The number of carbonyl (C=O) groups is 2. The van der Waals surface area contributed by atoms with Gasteiger partial charge >= 0.3 is 0 Å². The summed E-state index contributed by atoms with van der Waals surface area (Å²) in [6, 6.07) is 7.30. The van der Waals surface area contributed by atoms with E-state index in [1.807, 2.05) is 43.9 Å². The molecule has 3 aromatic rings. The molecular weight excluding hydrogens is 594 g/mol. The van der Waals surface area contributed by atoms with Crippen molar-refractivity contribution in [2.24, 2.45) is 0 Å². The molecular formula is C29H38ClN7O5S. The van der Waals surface area contributed by atoms with Crippen molar-refractivity contribution in [3.63, 3.8) is 0 Å². The van der Waals surface area contributed by atoms with E-state index in [0.717, 1.165) is 11.4 Å². The SMILES string of the molecule is CCOCCOCCOCCC(=O)N1CCN(c2cc(Nc3ncc(C(=O)Nc4c(C)cccc4Cl)s3)nc(C)n2)CC1. The highest BCUT2D eigenvalue weighted by Crippen LogP contribution is 2.28. The number of thiazole rings is 1. The molecule has 12 nitrogen and oxygen atoms in total. The Morgan fingerprint density at radius 1 is 1.00 bits per heavy atom. The van der Waals surface area contributed by atoms with E-state index in [-0.39, 0.29) is 11.8 Å². The predicted molar refractivity (Wildman–Crippen MR) is 168 cm³/mol. The number of ether oxygens (including phenoxy) is 3. The lowest BCUT2D eigenvalue weighted by Crippen LogP contribution is -2.49. The van der Waals surface area contributed by atoms with Crippen LogP contribution in [0.4, 0.5) is 22.5 Å². The molecule has 0 aliphatic carbocycles. The predicted octanol–water partition coefficient (Wildman–Crippen LogP) is 4.31. The molecule has 1 fully saturated rings. The van der Waals surface area contributed by atoms with Crippen LogP contribution in [0.15, 0.2) is 30.5 Å². The first-order valence-corrected chi connectivity index (χ1v) is 15.4. The van der Waals surface area contributed by atoms with E-state index in [1.165, 1.54) is 17.5 Å². The summed E-state index contributed by atoms with van der Waals surface area (Å²) < 4.78 is 16.2. The fourth-order valence-corrected chi connectivity index (χ4v) is 5.36. The summed E-state index contributed by atoms with van der Waals surface area (Å²) in [7, 11) is 0. The molecule has 1 aromatic carbocycles. The molecule has 0 radical (unpaired) electrons. The summed E-state index contributed by atoms with van der Waals surface area (Å²) in [5.41, 5.74) is 1.45. The molecule has 43 heavy (non-hydrogen) atoms. The average molecular weight is 632 g/mol. The smallest absolute Gasteiger partial charge is 0.267 e. The van der Waals surface area contributed by atoms with E-state index in [4.69, 9.17) is 25.8 Å². The number of anilines is 4. The maximum absolute atomic E-state index is 12.8. The van der Waals surface area contributed by atoms with E-state index < -0.39 is 0 Å². The minimum Gasteiger partial charge on any atom is -0.379 e. The van der Waals surface area contributed by atoms with Crippen LogP contribution in [0.1, 0.15) is 34.4 Å². The molecule has 1 aliphatic rings. The number of amides is 2. The van der Waals surface area contributed by atoms with Gasteiger partial charge in [0.05, 0.1) is 56.4 Å². The lowest BCUT2D eigenvalue weighted by molar-refractivity contribution is -0.132. The van der Waals surface area contributed by atoms with Crippen LogP contribution in [0.2, 0.25) is 5.02 Å². The van der Waals surface area contributed by atoms with Crippen molar-refractivity contribution in [3.05, 3.63) is 51.7 Å². The number of nitrogens with zero attached hydrogens (tertiary/aromatic N) is 5. The molecule has 232 valence electrons. The van der Waals surface area contributed by atoms with Gasteiger partial charge in [-0.15, -0.1) is 0 Å². The van der Waals surface area contributed by atoms with Gasteiger partial charge in [0, 0.05) is 38.9 Å². The Kier molecular flexibility index (Phi) is 12.5. The number of benzene rings is 1. The zero-order valence-corrected chi connectivity index (χ0v) is 26.3. The quantitative estimate of drug-likeness (QED) is 0.234. The molecule has 1 saturated heterocycles. The standard InChI is InChI=1S/C29H38ClN7O5S/c1-4-40-14-15-42-17-16-41-13-8-26(38)37-11-9-36(10-12-37)25-18-24(32-21(3)33-25)34-29-31-19-23(43-29)28(39)35-27-20(2)6-5-7-22(27)30/h5-7,18-19H,4,8-17H2,1-3H3,(H,35,39)(H,31,32,33,34). The molecule has 0 spiro atoms. The van der Waals surface area contributed by atoms with Gasteiger partial charge in [-0.1, -0.05) is 35.1 Å². The van der Waals surface area contributed by atoms with Crippen molar-refractivity contribution in [1.82, 2.24) is 19.9 Å². The summed E-state index contributed by atoms with van der Waals surface area (Å²) >= 11 is 7.47. The first-order chi connectivity index (χ1) is 20.8. The number of carbonyl (C=O) groups excluding carboxylic acids is 2. The Bertz CT molecular complexity index is 1350. The molecule has 0 atom stereocenters. The zero-order chi connectivity index (χ0) is 30.6. The van der Waals surface area contributed by atoms with Crippen molar-refractivity contribution in [2.45, 2.75) is 27.2 Å². The van der Waals surface area contributed by atoms with Gasteiger partial charge in [0.1, 0.15) is 22.3 Å². The van der Waals surface area contributed by atoms with Crippen LogP contribution in [0, 0.1) is 13.8 Å². The Morgan fingerprint density at radius 3 is 2.44 bits per heavy atom. The Balaban J connectivity index is 1.23. The Morgan fingerprint density at radius 2 is 1.72 bits per heavy atom. The molecule has 2 amide bonds. The molecule has 4 rings (SSSR count). The van der Waals surface area contributed by atoms with Gasteiger partial charge < -0.3 is 34.6 Å². The third kappa shape index (κ3) is 9.83. The van der Waals surface area contributed by atoms with Gasteiger partial charge in [0.2, 0.25) is 5.91 Å². The number of piperazine rings is 1. The number of nitrogens with one attached hydrogen (secondary N) is 2. The number of rotatable bonds is 15. The Labute approximate surface area is 260 Å². The fraction of sp³-hybridized carbons (Fsp3) is 0.483. The van der Waals surface area contributed by atoms with E-state index >= 15 is 0 Å². The van der Waals surface area contributed by atoms with Gasteiger partial charge in [-0.05, 0) is 32.4 Å². The average Bonchev–Trinajstić information content (AvgIpc) is 3.46. The summed E-state index contributed by atoms with van der Waals surface area (Å²) in [5, 5.41) is 7.07. The highest BCUT2D eigenvalue weighted by atomic mass is 35.5. The van der Waals surface area contributed by atoms with Gasteiger partial charge in [0.15, 0.2) is 5.13 Å². The second kappa shape index (κ2) is 16.5. The first kappa shape index (κ1) is 32.6. The number of hydrogen-bond acceptors (Lipinski definition) is 11. The lowest BCUT2D eigenvalue weighted by Gasteiger charge is -2.35. The summed E-state index contributed by atoms with van der Waals surface area (Å²) in [4.78, 5) is 43.3. The Hall–Kier alpha value is -3.36. The highest BCUT2D eigenvalue weighted by molar-refractivity contribution is 7.17. The van der Waals surface area contributed by atoms with Gasteiger partial charge in [-0.25, -0.2) is 15.0 Å². The maximum atomic E-state index is 12.8. The van der Waals surface area contributed by atoms with Crippen LogP contribution in [-0.4, -0.2) is 97.5 Å². The minimum atomic E-state index is -0.289. The lowest BCUT2D eigenvalue weighted by atomic mass is 10.2. The van der Waals surface area contributed by atoms with Crippen LogP contribution >= 0.6 is 22.9 Å². The normalized spacial score (nSPS) is 13.3. The minimum absolute atomic E-state index is 0.0754. The molecule has 2 aromatic heterocycles. The first-order valence-electron chi connectivity index (χ1n) is 14.2. The van der Waals surface area contributed by atoms with Crippen LogP contribution in [0.25, 0.3) is 0 Å². The zero-order valence-electron chi connectivity index (χ0n) is 24.7. The molecule has 1 aliphatic heterocycles. The topological polar surface area (TPSA) is 131 Å². The fourth-order valence-electron chi connectivity index (χ4n) is 4.38. The monoisotopic (exact) mass is 631 g/mol. The number of halogens is 1. The summed E-state index contributed by atoms with van der Waals surface area (Å²) in [5.74, 6) is 1.72. The van der Waals surface area contributed by atoms with Gasteiger partial charge in [-0.2, -0.15) is 0 Å². The van der Waals surface area contributed by atoms with E-state index in [1.54, 1.807) is 6.07 Å².